The maximum atomic E-state index is 2.90. The van der Waals surface area contributed by atoms with E-state index in [4.69, 9.17) is 0 Å². The first-order valence-electron chi connectivity index (χ1n) is 20.0. The summed E-state index contributed by atoms with van der Waals surface area (Å²) in [6.45, 7) is 0. The molecule has 2 aliphatic heterocycles. The monoisotopic (exact) mass is 736 g/mol. The summed E-state index contributed by atoms with van der Waals surface area (Å²) in [4.78, 5) is 0. The third-order valence-corrected chi connectivity index (χ3v) is 18.3. The van der Waals surface area contributed by atoms with Crippen LogP contribution in [0.1, 0.15) is 0 Å². The number of hydrogen-bond acceptors (Lipinski definition) is 0. The van der Waals surface area contributed by atoms with Gasteiger partial charge in [0.15, 0.2) is 0 Å². The minimum absolute atomic E-state index is 1.28. The predicted molar refractivity (Wildman–Crippen MR) is 242 cm³/mol. The molecule has 260 valence electrons. The molecule has 0 radical (unpaired) electrons. The van der Waals surface area contributed by atoms with Crippen molar-refractivity contribution in [2.24, 2.45) is 0 Å². The fraction of sp³-hybridized carbons (Fsp3) is 0. The maximum Gasteiger partial charge on any atom is 0.521 e. The van der Waals surface area contributed by atoms with Gasteiger partial charge in [-0.25, -0.2) is 0 Å². The Hall–Kier alpha value is -7.34. The highest BCUT2D eigenvalue weighted by Crippen LogP contribution is 2.56. The maximum absolute atomic E-state index is 3.58. The standard InChI is InChI=1S/C52H28N4Si/c1-3-17-33-29(13-1)35-25-27-37-31-15-5-9-21-41(31)53-49(37)47(35)51-45(33)39-19-7-11-23-43(39)55(51)57(53)54-42-22-10-6-16-32(42)38-28-26-36-30-14-2-4-18-34(30)46-40-20-8-12-24-44(40)56(57)52(46)48(36)50(38)54/h1-28H. The molecular formula is C52H28N4Si. The molecule has 14 aromatic rings. The Balaban J connectivity index is 1.36. The van der Waals surface area contributed by atoms with Crippen LogP contribution in [0.15, 0.2) is 170 Å². The van der Waals surface area contributed by atoms with Gasteiger partial charge in [0.1, 0.15) is 0 Å². The summed E-state index contributed by atoms with van der Waals surface area (Å²) in [5.41, 5.74) is 10.5. The van der Waals surface area contributed by atoms with Gasteiger partial charge in [-0.1, -0.05) is 146 Å². The Bertz CT molecular complexity index is 4010. The van der Waals surface area contributed by atoms with Crippen molar-refractivity contribution in [1.29, 1.82) is 0 Å². The number of nitrogens with zero attached hydrogens (tertiary/aromatic N) is 4. The van der Waals surface area contributed by atoms with E-state index in [1.54, 1.807) is 0 Å². The van der Waals surface area contributed by atoms with Crippen LogP contribution in [-0.2, 0) is 0 Å². The molecule has 16 rings (SSSR count). The molecule has 0 saturated carbocycles. The van der Waals surface area contributed by atoms with Gasteiger partial charge in [0.25, 0.3) is 0 Å². The SMILES string of the molecule is c1ccc2c(c1)c1ccc3c4ccccc4n4c3c1c1c2c2ccccc2n1[Si]41n2c3ccccc3c3ccc4c5ccccc5c5c6ccccc6n1c5c4c32. The van der Waals surface area contributed by atoms with Gasteiger partial charge in [-0.3, -0.25) is 0 Å². The minimum Gasteiger partial charge on any atom is -0.314 e. The molecular weight excluding hydrogens is 709 g/mol. The average Bonchev–Trinajstić information content (AvgIpc) is 4.02. The topological polar surface area (TPSA) is 19.7 Å². The summed E-state index contributed by atoms with van der Waals surface area (Å²) in [5, 5.41) is 21.2. The third kappa shape index (κ3) is 2.74. The second-order valence-electron chi connectivity index (χ2n) is 16.3. The lowest BCUT2D eigenvalue weighted by Gasteiger charge is -2.43. The van der Waals surface area contributed by atoms with Gasteiger partial charge in [0, 0.05) is 75.9 Å². The van der Waals surface area contributed by atoms with E-state index < -0.39 is 8.72 Å². The van der Waals surface area contributed by atoms with Crippen molar-refractivity contribution in [3.63, 3.8) is 0 Å². The number of benzene rings is 10. The second kappa shape index (κ2) is 9.02. The van der Waals surface area contributed by atoms with Crippen molar-refractivity contribution in [3.05, 3.63) is 170 Å². The average molecular weight is 737 g/mol. The van der Waals surface area contributed by atoms with Crippen LogP contribution >= 0.6 is 0 Å². The molecule has 0 amide bonds. The van der Waals surface area contributed by atoms with E-state index in [-0.39, 0.29) is 0 Å². The molecule has 4 nitrogen and oxygen atoms in total. The van der Waals surface area contributed by atoms with Crippen molar-refractivity contribution in [1.82, 2.24) is 16.9 Å². The highest BCUT2D eigenvalue weighted by atomic mass is 28.4. The van der Waals surface area contributed by atoms with E-state index in [1.165, 1.54) is 130 Å². The largest absolute Gasteiger partial charge is 0.521 e. The van der Waals surface area contributed by atoms with Crippen LogP contribution in [0.5, 0.6) is 0 Å². The van der Waals surface area contributed by atoms with Crippen LogP contribution in [0.4, 0.5) is 0 Å². The summed E-state index contributed by atoms with van der Waals surface area (Å²) in [5.74, 6) is 0. The first kappa shape index (κ1) is 28.1. The molecule has 2 aliphatic rings. The normalized spacial score (nSPS) is 14.5. The van der Waals surface area contributed by atoms with Crippen LogP contribution in [0, 0.1) is 0 Å². The zero-order valence-corrected chi connectivity index (χ0v) is 31.5. The van der Waals surface area contributed by atoms with Gasteiger partial charge in [-0.15, -0.1) is 0 Å². The van der Waals surface area contributed by atoms with E-state index in [0.717, 1.165) is 0 Å². The summed E-state index contributed by atoms with van der Waals surface area (Å²) in [6.07, 6.45) is 0. The molecule has 6 heterocycles. The van der Waals surface area contributed by atoms with E-state index >= 15 is 0 Å². The first-order valence-corrected chi connectivity index (χ1v) is 21.8. The lowest BCUT2D eigenvalue weighted by Crippen LogP contribution is -2.65. The lowest BCUT2D eigenvalue weighted by molar-refractivity contribution is 0.916. The number of para-hydroxylation sites is 4. The molecule has 0 unspecified atom stereocenters. The van der Waals surface area contributed by atoms with E-state index in [9.17, 15) is 0 Å². The summed E-state index contributed by atoms with van der Waals surface area (Å²) in [6, 6.07) is 65.0. The predicted octanol–water partition coefficient (Wildman–Crippen LogP) is 13.3. The van der Waals surface area contributed by atoms with E-state index in [2.05, 4.69) is 187 Å². The van der Waals surface area contributed by atoms with Crippen LogP contribution in [-0.4, -0.2) is 25.7 Å². The summed E-state index contributed by atoms with van der Waals surface area (Å²) in [7, 11) is -3.58. The van der Waals surface area contributed by atoms with Gasteiger partial charge < -0.3 is 16.9 Å². The van der Waals surface area contributed by atoms with Gasteiger partial charge in [-0.2, -0.15) is 0 Å². The van der Waals surface area contributed by atoms with Crippen LogP contribution in [0.25, 0.3) is 130 Å². The van der Waals surface area contributed by atoms with E-state index in [0.29, 0.717) is 0 Å². The minimum atomic E-state index is -3.58. The fourth-order valence-corrected chi connectivity index (χ4v) is 17.6. The molecule has 4 aromatic heterocycles. The van der Waals surface area contributed by atoms with Crippen LogP contribution in [0.3, 0.4) is 0 Å². The Morgan fingerprint density at radius 2 is 0.491 bits per heavy atom. The molecule has 0 N–H and O–H groups in total. The molecule has 0 bridgehead atoms. The number of hydrogen-bond donors (Lipinski definition) is 0. The number of aromatic nitrogens is 4. The molecule has 57 heavy (non-hydrogen) atoms. The van der Waals surface area contributed by atoms with Crippen LogP contribution in [0.2, 0.25) is 0 Å². The quantitative estimate of drug-likeness (QED) is 0.109. The Morgan fingerprint density at radius 3 is 0.912 bits per heavy atom. The van der Waals surface area contributed by atoms with Gasteiger partial charge in [0.05, 0.1) is 22.1 Å². The Morgan fingerprint density at radius 1 is 0.211 bits per heavy atom. The fourth-order valence-electron chi connectivity index (χ4n) is 12.3. The summed E-state index contributed by atoms with van der Waals surface area (Å²) < 4.78 is 11.6. The number of fused-ring (bicyclic) bond motifs is 22. The molecule has 5 heteroatoms. The van der Waals surface area contributed by atoms with Crippen molar-refractivity contribution >= 4 is 139 Å². The Kier molecular flexibility index (Phi) is 4.45. The summed E-state index contributed by atoms with van der Waals surface area (Å²) >= 11 is 0. The van der Waals surface area contributed by atoms with E-state index in [1.807, 2.05) is 0 Å². The van der Waals surface area contributed by atoms with Crippen molar-refractivity contribution < 1.29 is 0 Å². The van der Waals surface area contributed by atoms with Crippen molar-refractivity contribution in [3.8, 4) is 0 Å². The number of rotatable bonds is 0. The zero-order chi connectivity index (χ0) is 36.5. The highest BCUT2D eigenvalue weighted by Gasteiger charge is 2.57. The molecule has 1 spiro atoms. The van der Waals surface area contributed by atoms with Gasteiger partial charge in [0.2, 0.25) is 0 Å². The smallest absolute Gasteiger partial charge is 0.314 e. The third-order valence-electron chi connectivity index (χ3n) is 14.1. The molecule has 0 fully saturated rings. The molecule has 0 aliphatic carbocycles. The van der Waals surface area contributed by atoms with Gasteiger partial charge in [-0.05, 0) is 56.6 Å². The Labute approximate surface area is 324 Å². The molecule has 0 atom stereocenters. The van der Waals surface area contributed by atoms with Crippen molar-refractivity contribution in [2.45, 2.75) is 0 Å². The zero-order valence-electron chi connectivity index (χ0n) is 30.5. The first-order chi connectivity index (χ1) is 28.4. The van der Waals surface area contributed by atoms with Crippen LogP contribution < -0.4 is 0 Å². The van der Waals surface area contributed by atoms with Crippen molar-refractivity contribution in [2.75, 3.05) is 0 Å². The van der Waals surface area contributed by atoms with Gasteiger partial charge >= 0.3 is 8.72 Å². The second-order valence-corrected chi connectivity index (χ2v) is 19.3. The molecule has 10 aromatic carbocycles. The highest BCUT2D eigenvalue weighted by molar-refractivity contribution is 6.83. The molecule has 0 saturated heterocycles. The lowest BCUT2D eigenvalue weighted by atomic mass is 9.95.